The summed E-state index contributed by atoms with van der Waals surface area (Å²) >= 11 is 0. The number of carbonyl (C=O) groups is 2. The molecule has 0 bridgehead atoms. The predicted molar refractivity (Wildman–Crippen MR) is 109 cm³/mol. The van der Waals surface area contributed by atoms with E-state index in [-0.39, 0.29) is 72.6 Å². The molecule has 0 unspecified atom stereocenters. The summed E-state index contributed by atoms with van der Waals surface area (Å²) in [5.74, 6) is -0.507. The van der Waals surface area contributed by atoms with E-state index in [4.69, 9.17) is 0 Å². The van der Waals surface area contributed by atoms with Gasteiger partial charge in [0.05, 0.1) is 20.2 Å². The van der Waals surface area contributed by atoms with Crippen molar-refractivity contribution in [3.8, 4) is 0 Å². The second kappa shape index (κ2) is 17.2. The summed E-state index contributed by atoms with van der Waals surface area (Å²) in [6, 6.07) is 0. The van der Waals surface area contributed by atoms with Crippen LogP contribution in [0.15, 0.2) is 0 Å². The monoisotopic (exact) mass is 468 g/mol. The van der Waals surface area contributed by atoms with Gasteiger partial charge in [-0.15, -0.1) is 0 Å². The van der Waals surface area contributed by atoms with Crippen molar-refractivity contribution in [1.82, 2.24) is 10.6 Å². The number of carbonyl (C=O) groups excluding carboxylic acids is 2. The summed E-state index contributed by atoms with van der Waals surface area (Å²) < 4.78 is 61.1. The van der Waals surface area contributed by atoms with E-state index in [9.17, 15) is 35.5 Å². The van der Waals surface area contributed by atoms with Gasteiger partial charge in [0.1, 0.15) is 0 Å². The van der Waals surface area contributed by atoms with Crippen LogP contribution in [0.2, 0.25) is 0 Å². The number of nitrogens with one attached hydrogen (secondary N) is 2. The molecule has 0 radical (unpaired) electrons. The number of hydrogen-bond donors (Lipinski definition) is 2. The first-order valence-electron chi connectivity index (χ1n) is 9.03. The normalized spacial score (nSPS) is 11.3. The molecule has 0 saturated carbocycles. The van der Waals surface area contributed by atoms with Crippen molar-refractivity contribution < 1.29 is 35.5 Å². The Bertz CT molecular complexity index is 606. The van der Waals surface area contributed by atoms with Crippen molar-refractivity contribution in [1.29, 1.82) is 0 Å². The molecule has 0 rings (SSSR count). The minimum absolute atomic E-state index is 0. The second-order valence-corrected chi connectivity index (χ2v) is 10.2. The van der Waals surface area contributed by atoms with Crippen LogP contribution < -0.4 is 10.6 Å². The van der Waals surface area contributed by atoms with E-state index in [1.54, 1.807) is 0 Å². The molecule has 0 fully saturated rings. The van der Waals surface area contributed by atoms with Crippen LogP contribution in [0.4, 0.5) is 0 Å². The Balaban J connectivity index is -0.000000451. The topological polar surface area (TPSA) is 173 Å². The smallest absolute Gasteiger partial charge is 0.748 e. The zero-order valence-electron chi connectivity index (χ0n) is 17.6. The maximum Gasteiger partial charge on any atom is 2.00 e. The molecule has 0 aliphatic heterocycles. The van der Waals surface area contributed by atoms with E-state index >= 15 is 0 Å². The molecule has 0 aliphatic carbocycles. The van der Waals surface area contributed by atoms with Gasteiger partial charge in [-0.05, 0) is 24.7 Å². The first-order chi connectivity index (χ1) is 12.6. The van der Waals surface area contributed by atoms with E-state index in [0.717, 1.165) is 0 Å². The fraction of sp³-hybridized carbons (Fsp3) is 0.875. The van der Waals surface area contributed by atoms with Gasteiger partial charge in [-0.3, -0.25) is 9.59 Å². The Morgan fingerprint density at radius 1 is 0.724 bits per heavy atom. The molecule has 0 spiro atoms. The molecule has 10 nitrogen and oxygen atoms in total. The van der Waals surface area contributed by atoms with E-state index < -0.39 is 31.7 Å². The van der Waals surface area contributed by atoms with E-state index in [1.807, 2.05) is 27.7 Å². The second-order valence-electron chi connectivity index (χ2n) is 7.13. The third-order valence-corrected chi connectivity index (χ3v) is 4.55. The summed E-state index contributed by atoms with van der Waals surface area (Å²) in [5, 5.41) is 5.09. The Kier molecular flexibility index (Phi) is 19.7. The standard InChI is InChI=1S/2C8H17NO4S.Mg/c2*1-7(2)6-8(10)9-4-3-5-14(11,12)13;/h2*7H,3-6H2,1-2H3,(H,9,10)(H,11,12,13);/q;;+2/p-2. The Hall–Kier alpha value is -0.474. The van der Waals surface area contributed by atoms with Crippen molar-refractivity contribution in [3.63, 3.8) is 0 Å². The molecular formula is C16H32MgN2O8S2. The van der Waals surface area contributed by atoms with Crippen molar-refractivity contribution in [3.05, 3.63) is 0 Å². The first-order valence-corrected chi connectivity index (χ1v) is 12.2. The van der Waals surface area contributed by atoms with Crippen molar-refractivity contribution >= 4 is 55.1 Å². The summed E-state index contributed by atoms with van der Waals surface area (Å²) in [4.78, 5) is 22.1. The molecule has 2 N–H and O–H groups in total. The molecule has 29 heavy (non-hydrogen) atoms. The molecule has 0 aliphatic rings. The molecule has 168 valence electrons. The predicted octanol–water partition coefficient (Wildman–Crippen LogP) is -0.213. The zero-order chi connectivity index (χ0) is 22.4. The van der Waals surface area contributed by atoms with Gasteiger partial charge in [-0.25, -0.2) is 16.8 Å². The number of hydrogen-bond acceptors (Lipinski definition) is 8. The molecule has 2 amide bonds. The SMILES string of the molecule is CC(C)CC(=O)NCCCS(=O)(=O)[O-].CC(C)CC(=O)NCCCS(=O)(=O)[O-].[Mg+2]. The first kappa shape index (κ1) is 33.2. The van der Waals surface area contributed by atoms with Crippen molar-refractivity contribution in [2.75, 3.05) is 24.6 Å². The van der Waals surface area contributed by atoms with Gasteiger partial charge in [0.25, 0.3) is 0 Å². The molecule has 13 heteroatoms. The average molecular weight is 469 g/mol. The Labute approximate surface area is 190 Å². The van der Waals surface area contributed by atoms with Gasteiger partial charge >= 0.3 is 23.1 Å². The summed E-state index contributed by atoms with van der Waals surface area (Å²) in [6.45, 7) is 8.16. The number of amides is 2. The van der Waals surface area contributed by atoms with Gasteiger partial charge < -0.3 is 19.7 Å². The average Bonchev–Trinajstić information content (AvgIpc) is 2.45. The van der Waals surface area contributed by atoms with Crippen LogP contribution in [-0.4, -0.2) is 85.4 Å². The van der Waals surface area contributed by atoms with Crippen molar-refractivity contribution in [2.24, 2.45) is 11.8 Å². The Morgan fingerprint density at radius 3 is 1.21 bits per heavy atom. The van der Waals surface area contributed by atoms with Gasteiger partial charge in [0.2, 0.25) is 11.8 Å². The quantitative estimate of drug-likeness (QED) is 0.225. The van der Waals surface area contributed by atoms with Gasteiger partial charge in [0.15, 0.2) is 0 Å². The zero-order valence-corrected chi connectivity index (χ0v) is 20.6. The maximum atomic E-state index is 11.0. The molecule has 0 heterocycles. The summed E-state index contributed by atoms with van der Waals surface area (Å²) in [7, 11) is -8.29. The third kappa shape index (κ3) is 32.4. The molecule has 0 aromatic heterocycles. The molecule has 0 atom stereocenters. The van der Waals surface area contributed by atoms with E-state index in [1.165, 1.54) is 0 Å². The van der Waals surface area contributed by atoms with Gasteiger partial charge in [-0.1, -0.05) is 27.7 Å². The minimum atomic E-state index is -4.15. The minimum Gasteiger partial charge on any atom is -0.748 e. The maximum absolute atomic E-state index is 11.0. The molecular weight excluding hydrogens is 437 g/mol. The van der Waals surface area contributed by atoms with Crippen LogP contribution in [0, 0.1) is 11.8 Å². The van der Waals surface area contributed by atoms with Crippen LogP contribution in [0.25, 0.3) is 0 Å². The Morgan fingerprint density at radius 2 is 1.00 bits per heavy atom. The van der Waals surface area contributed by atoms with Crippen LogP contribution in [-0.2, 0) is 29.8 Å². The molecule has 0 aromatic rings. The molecule has 0 saturated heterocycles. The van der Waals surface area contributed by atoms with Crippen LogP contribution in [0.1, 0.15) is 53.4 Å². The largest absolute Gasteiger partial charge is 2.00 e. The van der Waals surface area contributed by atoms with E-state index in [0.29, 0.717) is 12.8 Å². The van der Waals surface area contributed by atoms with E-state index in [2.05, 4.69) is 10.6 Å². The molecule has 0 aromatic carbocycles. The van der Waals surface area contributed by atoms with Gasteiger partial charge in [0, 0.05) is 37.4 Å². The third-order valence-electron chi connectivity index (χ3n) is 2.97. The van der Waals surface area contributed by atoms with Crippen LogP contribution >= 0.6 is 0 Å². The van der Waals surface area contributed by atoms with Crippen molar-refractivity contribution in [2.45, 2.75) is 53.4 Å². The summed E-state index contributed by atoms with van der Waals surface area (Å²) in [5.41, 5.74) is 0. The van der Waals surface area contributed by atoms with Crippen LogP contribution in [0.5, 0.6) is 0 Å². The fourth-order valence-electron chi connectivity index (χ4n) is 1.84. The fourth-order valence-corrected chi connectivity index (χ4v) is 2.84. The van der Waals surface area contributed by atoms with Crippen LogP contribution in [0.3, 0.4) is 0 Å². The summed E-state index contributed by atoms with van der Waals surface area (Å²) in [6.07, 6.45) is 1.19. The number of rotatable bonds is 12. The van der Waals surface area contributed by atoms with Gasteiger partial charge in [-0.2, -0.15) is 0 Å².